The van der Waals surface area contributed by atoms with Crippen molar-refractivity contribution < 1.29 is 28.4 Å². The van der Waals surface area contributed by atoms with Crippen LogP contribution in [0, 0.1) is 0 Å². The number of carbonyl (C=O) groups is 1. The standard InChI is InChI=1S/C35H71N2O6P/c1-3-5-7-9-11-13-15-17-19-21-23-25-27-29-35(39)37-33(32-43-44(40,41)42-31-30-36)34(38)28-26-24-22-20-18-16-14-12-10-8-6-4-2/h26,28,33-34,38H,3-25,27,29-32,36H2,1-2H3,(H,37,39)(H,40,41)/b28-26+. The number of rotatable bonds is 34. The molecule has 0 spiro atoms. The lowest BCUT2D eigenvalue weighted by Gasteiger charge is -2.23. The maximum atomic E-state index is 12.6. The van der Waals surface area contributed by atoms with Crippen molar-refractivity contribution in [3.8, 4) is 0 Å². The van der Waals surface area contributed by atoms with Gasteiger partial charge < -0.3 is 21.1 Å². The summed E-state index contributed by atoms with van der Waals surface area (Å²) in [7, 11) is -4.32. The van der Waals surface area contributed by atoms with Crippen molar-refractivity contribution in [2.75, 3.05) is 19.8 Å². The maximum Gasteiger partial charge on any atom is 0.472 e. The summed E-state index contributed by atoms with van der Waals surface area (Å²) >= 11 is 0. The van der Waals surface area contributed by atoms with Gasteiger partial charge in [0.2, 0.25) is 5.91 Å². The van der Waals surface area contributed by atoms with Gasteiger partial charge in [-0.1, -0.05) is 161 Å². The number of carbonyl (C=O) groups excluding carboxylic acids is 1. The van der Waals surface area contributed by atoms with Gasteiger partial charge in [-0.05, 0) is 19.3 Å². The molecule has 0 heterocycles. The minimum atomic E-state index is -4.32. The zero-order chi connectivity index (χ0) is 32.6. The highest BCUT2D eigenvalue weighted by Gasteiger charge is 2.26. The van der Waals surface area contributed by atoms with E-state index in [0.29, 0.717) is 6.42 Å². The van der Waals surface area contributed by atoms with Crippen molar-refractivity contribution in [3.63, 3.8) is 0 Å². The van der Waals surface area contributed by atoms with Crippen LogP contribution in [0.3, 0.4) is 0 Å². The third-order valence-electron chi connectivity index (χ3n) is 8.11. The minimum Gasteiger partial charge on any atom is -0.387 e. The average molecular weight is 647 g/mol. The lowest BCUT2D eigenvalue weighted by atomic mass is 10.0. The zero-order valence-electron chi connectivity index (χ0n) is 28.7. The lowest BCUT2D eigenvalue weighted by Crippen LogP contribution is -2.45. The highest BCUT2D eigenvalue weighted by atomic mass is 31.2. The second-order valence-electron chi connectivity index (χ2n) is 12.4. The van der Waals surface area contributed by atoms with E-state index in [2.05, 4.69) is 19.2 Å². The van der Waals surface area contributed by atoms with E-state index in [9.17, 15) is 19.4 Å². The van der Waals surface area contributed by atoms with Gasteiger partial charge in [0.25, 0.3) is 0 Å². The number of aliphatic hydroxyl groups excluding tert-OH is 1. The monoisotopic (exact) mass is 647 g/mol. The molecule has 5 N–H and O–H groups in total. The number of allylic oxidation sites excluding steroid dienone is 1. The van der Waals surface area contributed by atoms with Crippen LogP contribution in [0.1, 0.15) is 174 Å². The smallest absolute Gasteiger partial charge is 0.387 e. The van der Waals surface area contributed by atoms with E-state index < -0.39 is 20.0 Å². The van der Waals surface area contributed by atoms with E-state index in [1.165, 1.54) is 116 Å². The molecule has 0 aromatic carbocycles. The van der Waals surface area contributed by atoms with E-state index in [0.717, 1.165) is 38.5 Å². The van der Waals surface area contributed by atoms with Gasteiger partial charge >= 0.3 is 7.82 Å². The number of aliphatic hydroxyl groups is 1. The molecule has 0 aromatic rings. The summed E-state index contributed by atoms with van der Waals surface area (Å²) in [6, 6.07) is -0.851. The summed E-state index contributed by atoms with van der Waals surface area (Å²) in [6.45, 7) is 4.11. The molecule has 0 saturated heterocycles. The number of hydrogen-bond acceptors (Lipinski definition) is 6. The van der Waals surface area contributed by atoms with Crippen molar-refractivity contribution >= 4 is 13.7 Å². The van der Waals surface area contributed by atoms with Gasteiger partial charge in [0, 0.05) is 13.0 Å². The number of phosphoric ester groups is 1. The highest BCUT2D eigenvalue weighted by molar-refractivity contribution is 7.47. The first-order valence-corrected chi connectivity index (χ1v) is 19.8. The van der Waals surface area contributed by atoms with Crippen LogP contribution in [-0.2, 0) is 18.4 Å². The molecule has 0 radical (unpaired) electrons. The molecule has 3 atom stereocenters. The second-order valence-corrected chi connectivity index (χ2v) is 13.9. The molecule has 0 aliphatic carbocycles. The van der Waals surface area contributed by atoms with E-state index in [1.807, 2.05) is 6.08 Å². The fourth-order valence-corrected chi connectivity index (χ4v) is 6.07. The van der Waals surface area contributed by atoms with Crippen LogP contribution in [0.25, 0.3) is 0 Å². The topological polar surface area (TPSA) is 131 Å². The van der Waals surface area contributed by atoms with Gasteiger partial charge in [-0.3, -0.25) is 13.8 Å². The lowest BCUT2D eigenvalue weighted by molar-refractivity contribution is -0.123. The summed E-state index contributed by atoms with van der Waals surface area (Å²) in [4.78, 5) is 22.5. The Balaban J connectivity index is 4.33. The SMILES string of the molecule is CCCCCCCCCCCC/C=C/C(O)C(COP(=O)(O)OCCN)NC(=O)CCCCCCCCCCCCCCC. The molecule has 0 aromatic heterocycles. The molecule has 44 heavy (non-hydrogen) atoms. The van der Waals surface area contributed by atoms with Gasteiger partial charge in [0.1, 0.15) is 0 Å². The summed E-state index contributed by atoms with van der Waals surface area (Å²) < 4.78 is 22.0. The first-order chi connectivity index (χ1) is 21.4. The van der Waals surface area contributed by atoms with Crippen molar-refractivity contribution in [1.29, 1.82) is 0 Å². The van der Waals surface area contributed by atoms with Gasteiger partial charge in [-0.25, -0.2) is 4.57 Å². The van der Waals surface area contributed by atoms with Gasteiger partial charge in [0.05, 0.1) is 25.4 Å². The number of unbranched alkanes of at least 4 members (excludes halogenated alkanes) is 22. The van der Waals surface area contributed by atoms with Gasteiger partial charge in [-0.2, -0.15) is 0 Å². The highest BCUT2D eigenvalue weighted by Crippen LogP contribution is 2.43. The third-order valence-corrected chi connectivity index (χ3v) is 9.10. The Morgan fingerprint density at radius 1 is 0.727 bits per heavy atom. The van der Waals surface area contributed by atoms with Crippen LogP contribution in [0.15, 0.2) is 12.2 Å². The van der Waals surface area contributed by atoms with E-state index in [-0.39, 0.29) is 25.7 Å². The average Bonchev–Trinajstić information content (AvgIpc) is 3.01. The van der Waals surface area contributed by atoms with E-state index in [4.69, 9.17) is 14.8 Å². The van der Waals surface area contributed by atoms with Gasteiger partial charge in [-0.15, -0.1) is 0 Å². The quantitative estimate of drug-likeness (QED) is 0.0311. The maximum absolute atomic E-state index is 12.6. The van der Waals surface area contributed by atoms with Crippen molar-refractivity contribution in [2.24, 2.45) is 5.73 Å². The molecule has 8 nitrogen and oxygen atoms in total. The minimum absolute atomic E-state index is 0.0809. The molecule has 0 rings (SSSR count). The predicted molar refractivity (Wildman–Crippen MR) is 185 cm³/mol. The number of hydrogen-bond donors (Lipinski definition) is 4. The van der Waals surface area contributed by atoms with Gasteiger partial charge in [0.15, 0.2) is 0 Å². The number of nitrogens with two attached hydrogens (primary N) is 1. The molecule has 9 heteroatoms. The Kier molecular flexibility index (Phi) is 31.6. The number of phosphoric acid groups is 1. The zero-order valence-corrected chi connectivity index (χ0v) is 29.6. The summed E-state index contributed by atoms with van der Waals surface area (Å²) in [5, 5.41) is 13.6. The molecule has 0 saturated carbocycles. The Labute approximate surface area is 271 Å². The normalized spacial score (nSPS) is 14.6. The van der Waals surface area contributed by atoms with Crippen LogP contribution in [0.2, 0.25) is 0 Å². The Morgan fingerprint density at radius 2 is 1.16 bits per heavy atom. The van der Waals surface area contributed by atoms with Crippen molar-refractivity contribution in [3.05, 3.63) is 12.2 Å². The first-order valence-electron chi connectivity index (χ1n) is 18.3. The fourth-order valence-electron chi connectivity index (χ4n) is 5.31. The Bertz CT molecular complexity index is 709. The van der Waals surface area contributed by atoms with E-state index in [1.54, 1.807) is 6.08 Å². The predicted octanol–water partition coefficient (Wildman–Crippen LogP) is 9.27. The van der Waals surface area contributed by atoms with E-state index >= 15 is 0 Å². The number of nitrogens with one attached hydrogen (secondary N) is 1. The largest absolute Gasteiger partial charge is 0.472 e. The number of amides is 1. The Hall–Kier alpha value is -0.760. The third kappa shape index (κ3) is 29.9. The summed E-state index contributed by atoms with van der Waals surface area (Å²) in [6.07, 6.45) is 32.5. The molecule has 0 aliphatic rings. The molecular weight excluding hydrogens is 575 g/mol. The summed E-state index contributed by atoms with van der Waals surface area (Å²) in [5.74, 6) is -0.195. The molecule has 0 fully saturated rings. The van der Waals surface area contributed by atoms with Crippen molar-refractivity contribution in [1.82, 2.24) is 5.32 Å². The Morgan fingerprint density at radius 3 is 1.61 bits per heavy atom. The van der Waals surface area contributed by atoms with Crippen LogP contribution >= 0.6 is 7.82 Å². The second kappa shape index (κ2) is 32.2. The van der Waals surface area contributed by atoms with Crippen LogP contribution in [-0.4, -0.2) is 47.8 Å². The molecule has 1 amide bonds. The van der Waals surface area contributed by atoms with Crippen molar-refractivity contribution in [2.45, 2.75) is 187 Å². The molecule has 3 unspecified atom stereocenters. The van der Waals surface area contributed by atoms with Crippen LogP contribution in [0.4, 0.5) is 0 Å². The van der Waals surface area contributed by atoms with Crippen LogP contribution in [0.5, 0.6) is 0 Å². The fraction of sp³-hybridized carbons (Fsp3) is 0.914. The molecular formula is C35H71N2O6P. The first kappa shape index (κ1) is 43.2. The summed E-state index contributed by atoms with van der Waals surface area (Å²) in [5.41, 5.74) is 5.35. The van der Waals surface area contributed by atoms with Crippen LogP contribution < -0.4 is 11.1 Å². The molecule has 262 valence electrons. The molecule has 0 aliphatic heterocycles. The molecule has 0 bridgehead atoms.